The van der Waals surface area contributed by atoms with Crippen molar-refractivity contribution < 1.29 is 22.0 Å². The molecule has 0 radical (unpaired) electrons. The van der Waals surface area contributed by atoms with Crippen LogP contribution in [0.5, 0.6) is 0 Å². The van der Waals surface area contributed by atoms with E-state index in [0.717, 1.165) is 6.07 Å². The number of hydrogen-bond acceptors (Lipinski definition) is 3. The minimum absolute atomic E-state index is 0.0982. The summed E-state index contributed by atoms with van der Waals surface area (Å²) in [6.07, 6.45) is 0. The van der Waals surface area contributed by atoms with Gasteiger partial charge in [-0.3, -0.25) is 4.79 Å². The molecule has 5 nitrogen and oxygen atoms in total. The third-order valence-electron chi connectivity index (χ3n) is 4.40. The number of carbonyl (C=O) groups excluding carboxylic acids is 1. The van der Waals surface area contributed by atoms with Crippen LogP contribution < -0.4 is 0 Å². The van der Waals surface area contributed by atoms with Gasteiger partial charge in [-0.2, -0.15) is 4.31 Å². The molecule has 1 fully saturated rings. The van der Waals surface area contributed by atoms with Crippen molar-refractivity contribution in [3.05, 3.63) is 65.2 Å². The number of piperazine rings is 1. The number of rotatable bonds is 3. The van der Waals surface area contributed by atoms with E-state index < -0.39 is 21.7 Å². The summed E-state index contributed by atoms with van der Waals surface area (Å²) >= 11 is 0. The first-order valence-electron chi connectivity index (χ1n) is 8.10. The molecule has 1 aliphatic heterocycles. The SMILES string of the molecule is Cc1ccc(S(=O)(=O)N2CCN(C(=O)c3ccc(F)cc3)CC2)cc1F. The van der Waals surface area contributed by atoms with E-state index in [0.29, 0.717) is 11.1 Å². The van der Waals surface area contributed by atoms with Gasteiger partial charge in [-0.25, -0.2) is 17.2 Å². The summed E-state index contributed by atoms with van der Waals surface area (Å²) in [5.41, 5.74) is 0.724. The molecule has 0 aromatic heterocycles. The van der Waals surface area contributed by atoms with Crippen molar-refractivity contribution in [2.45, 2.75) is 11.8 Å². The molecule has 1 aliphatic rings. The molecule has 26 heavy (non-hydrogen) atoms. The van der Waals surface area contributed by atoms with Gasteiger partial charge in [0, 0.05) is 31.7 Å². The van der Waals surface area contributed by atoms with Crippen LogP contribution in [-0.2, 0) is 10.0 Å². The van der Waals surface area contributed by atoms with E-state index in [-0.39, 0.29) is 37.0 Å². The van der Waals surface area contributed by atoms with Gasteiger partial charge in [0.05, 0.1) is 4.90 Å². The highest BCUT2D eigenvalue weighted by Gasteiger charge is 2.30. The fourth-order valence-electron chi connectivity index (χ4n) is 2.79. The third kappa shape index (κ3) is 3.61. The highest BCUT2D eigenvalue weighted by molar-refractivity contribution is 7.89. The molecular weight excluding hydrogens is 362 g/mol. The number of aryl methyl sites for hydroxylation is 1. The van der Waals surface area contributed by atoms with Crippen LogP contribution in [-0.4, -0.2) is 49.7 Å². The van der Waals surface area contributed by atoms with Gasteiger partial charge in [0.2, 0.25) is 10.0 Å². The maximum atomic E-state index is 13.7. The Morgan fingerprint density at radius 3 is 2.15 bits per heavy atom. The van der Waals surface area contributed by atoms with Gasteiger partial charge >= 0.3 is 0 Å². The van der Waals surface area contributed by atoms with Crippen LogP contribution in [0.1, 0.15) is 15.9 Å². The summed E-state index contributed by atoms with van der Waals surface area (Å²) < 4.78 is 53.2. The summed E-state index contributed by atoms with van der Waals surface area (Å²) in [7, 11) is -3.81. The second-order valence-corrected chi connectivity index (χ2v) is 8.05. The number of nitrogens with zero attached hydrogens (tertiary/aromatic N) is 2. The lowest BCUT2D eigenvalue weighted by atomic mass is 10.2. The summed E-state index contributed by atoms with van der Waals surface area (Å²) in [4.78, 5) is 13.8. The van der Waals surface area contributed by atoms with Crippen molar-refractivity contribution >= 4 is 15.9 Å². The second-order valence-electron chi connectivity index (χ2n) is 6.11. The third-order valence-corrected chi connectivity index (χ3v) is 6.29. The van der Waals surface area contributed by atoms with Crippen LogP contribution in [0.15, 0.2) is 47.4 Å². The molecule has 2 aromatic carbocycles. The fraction of sp³-hybridized carbons (Fsp3) is 0.278. The van der Waals surface area contributed by atoms with Crippen molar-refractivity contribution in [1.82, 2.24) is 9.21 Å². The van der Waals surface area contributed by atoms with E-state index in [1.165, 1.54) is 45.6 Å². The van der Waals surface area contributed by atoms with Crippen LogP contribution in [0.25, 0.3) is 0 Å². The Balaban J connectivity index is 1.70. The Hall–Kier alpha value is -2.32. The van der Waals surface area contributed by atoms with E-state index in [1.54, 1.807) is 6.92 Å². The quantitative estimate of drug-likeness (QED) is 0.822. The van der Waals surface area contributed by atoms with Crippen molar-refractivity contribution in [1.29, 1.82) is 0 Å². The van der Waals surface area contributed by atoms with Crippen molar-refractivity contribution in [2.24, 2.45) is 0 Å². The van der Waals surface area contributed by atoms with Crippen LogP contribution in [0.3, 0.4) is 0 Å². The Morgan fingerprint density at radius 1 is 0.962 bits per heavy atom. The van der Waals surface area contributed by atoms with Gasteiger partial charge in [0.25, 0.3) is 5.91 Å². The topological polar surface area (TPSA) is 57.7 Å². The fourth-order valence-corrected chi connectivity index (χ4v) is 4.22. The number of benzene rings is 2. The molecule has 0 spiro atoms. The Morgan fingerprint density at radius 2 is 1.58 bits per heavy atom. The molecule has 138 valence electrons. The summed E-state index contributed by atoms with van der Waals surface area (Å²) in [6, 6.07) is 9.03. The largest absolute Gasteiger partial charge is 0.336 e. The average Bonchev–Trinajstić information content (AvgIpc) is 2.64. The Labute approximate surface area is 150 Å². The molecule has 0 N–H and O–H groups in total. The predicted octanol–water partition coefficient (Wildman–Crippen LogP) is 2.42. The lowest BCUT2D eigenvalue weighted by Crippen LogP contribution is -2.50. The first-order valence-corrected chi connectivity index (χ1v) is 9.54. The molecule has 0 saturated carbocycles. The molecule has 0 aliphatic carbocycles. The molecule has 0 bridgehead atoms. The first kappa shape index (κ1) is 18.5. The van der Waals surface area contributed by atoms with Crippen LogP contribution in [0.4, 0.5) is 8.78 Å². The number of sulfonamides is 1. The zero-order valence-electron chi connectivity index (χ0n) is 14.2. The van der Waals surface area contributed by atoms with Gasteiger partial charge in [-0.1, -0.05) is 6.07 Å². The first-order chi connectivity index (χ1) is 12.3. The molecule has 0 atom stereocenters. The van der Waals surface area contributed by atoms with E-state index in [9.17, 15) is 22.0 Å². The van der Waals surface area contributed by atoms with Gasteiger partial charge in [0.15, 0.2) is 0 Å². The van der Waals surface area contributed by atoms with Crippen molar-refractivity contribution in [2.75, 3.05) is 26.2 Å². The maximum absolute atomic E-state index is 13.7. The molecule has 3 rings (SSSR count). The molecule has 8 heteroatoms. The average molecular weight is 380 g/mol. The van der Waals surface area contributed by atoms with Gasteiger partial charge in [0.1, 0.15) is 11.6 Å². The summed E-state index contributed by atoms with van der Waals surface area (Å²) in [5, 5.41) is 0. The van der Waals surface area contributed by atoms with Crippen LogP contribution >= 0.6 is 0 Å². The molecule has 2 aromatic rings. The lowest BCUT2D eigenvalue weighted by Gasteiger charge is -2.34. The van der Waals surface area contributed by atoms with Crippen molar-refractivity contribution in [3.8, 4) is 0 Å². The highest BCUT2D eigenvalue weighted by atomic mass is 32.2. The Kier molecular flexibility index (Phi) is 5.06. The molecule has 1 amide bonds. The van der Waals surface area contributed by atoms with Crippen LogP contribution in [0.2, 0.25) is 0 Å². The maximum Gasteiger partial charge on any atom is 0.253 e. The van der Waals surface area contributed by atoms with E-state index in [2.05, 4.69) is 0 Å². The van der Waals surface area contributed by atoms with E-state index in [4.69, 9.17) is 0 Å². The molecule has 1 heterocycles. The zero-order valence-corrected chi connectivity index (χ0v) is 15.0. The molecule has 1 saturated heterocycles. The Bertz CT molecular complexity index is 922. The van der Waals surface area contributed by atoms with Gasteiger partial charge in [-0.05, 0) is 48.9 Å². The predicted molar refractivity (Wildman–Crippen MR) is 92.2 cm³/mol. The molecule has 0 unspecified atom stereocenters. The summed E-state index contributed by atoms with van der Waals surface area (Å²) in [5.74, 6) is -1.28. The monoisotopic (exact) mass is 380 g/mol. The minimum Gasteiger partial charge on any atom is -0.336 e. The highest BCUT2D eigenvalue weighted by Crippen LogP contribution is 2.20. The number of carbonyl (C=O) groups is 1. The number of hydrogen-bond donors (Lipinski definition) is 0. The standard InChI is InChI=1S/C18H18F2N2O3S/c1-13-2-7-16(12-17(13)20)26(24,25)22-10-8-21(9-11-22)18(23)14-3-5-15(19)6-4-14/h2-7,12H,8-11H2,1H3. The second kappa shape index (κ2) is 7.13. The normalized spacial score (nSPS) is 15.9. The number of halogens is 2. The zero-order chi connectivity index (χ0) is 18.9. The van der Waals surface area contributed by atoms with Crippen molar-refractivity contribution in [3.63, 3.8) is 0 Å². The number of amides is 1. The van der Waals surface area contributed by atoms with Gasteiger partial charge < -0.3 is 4.90 Å². The van der Waals surface area contributed by atoms with E-state index >= 15 is 0 Å². The minimum atomic E-state index is -3.81. The lowest BCUT2D eigenvalue weighted by molar-refractivity contribution is 0.0698. The van der Waals surface area contributed by atoms with Crippen LogP contribution in [0, 0.1) is 18.6 Å². The van der Waals surface area contributed by atoms with E-state index in [1.807, 2.05) is 0 Å². The smallest absolute Gasteiger partial charge is 0.253 e. The summed E-state index contributed by atoms with van der Waals surface area (Å²) in [6.45, 7) is 2.22. The molecular formula is C18H18F2N2O3S. The van der Waals surface area contributed by atoms with Gasteiger partial charge in [-0.15, -0.1) is 0 Å².